The first-order valence-electron chi connectivity index (χ1n) is 10.3. The summed E-state index contributed by atoms with van der Waals surface area (Å²) in [5.74, 6) is 0.500. The Hall–Kier alpha value is -3.12. The van der Waals surface area contributed by atoms with E-state index in [0.29, 0.717) is 23.0 Å². The van der Waals surface area contributed by atoms with Gasteiger partial charge in [-0.2, -0.15) is 0 Å². The predicted molar refractivity (Wildman–Crippen MR) is 125 cm³/mol. The van der Waals surface area contributed by atoms with E-state index in [4.69, 9.17) is 10.4 Å². The number of aryl methyl sites for hydroxylation is 1. The van der Waals surface area contributed by atoms with Gasteiger partial charge in [-0.1, -0.05) is 29.8 Å². The minimum atomic E-state index is 0.202. The molecule has 2 aliphatic rings. The van der Waals surface area contributed by atoms with Crippen LogP contribution < -0.4 is 9.80 Å². The SMILES string of the molecule is Cc1ccc(-c2csc(C3=C(O)CN(c4ccc(N5CCCC5)cc4)C3=N)n2)cc1. The molecule has 0 bridgehead atoms. The average molecular weight is 417 g/mol. The monoisotopic (exact) mass is 416 g/mol. The molecule has 0 aliphatic carbocycles. The van der Waals surface area contributed by atoms with Crippen LogP contribution in [0, 0.1) is 12.3 Å². The highest BCUT2D eigenvalue weighted by molar-refractivity contribution is 7.11. The van der Waals surface area contributed by atoms with Gasteiger partial charge in [0, 0.05) is 35.4 Å². The highest BCUT2D eigenvalue weighted by atomic mass is 32.1. The minimum absolute atomic E-state index is 0.202. The van der Waals surface area contributed by atoms with Crippen LogP contribution in [0.2, 0.25) is 0 Å². The summed E-state index contributed by atoms with van der Waals surface area (Å²) in [6.07, 6.45) is 2.50. The van der Waals surface area contributed by atoms with Crippen molar-refractivity contribution < 1.29 is 5.11 Å². The van der Waals surface area contributed by atoms with Gasteiger partial charge in [-0.25, -0.2) is 4.98 Å². The van der Waals surface area contributed by atoms with Crippen LogP contribution in [-0.2, 0) is 0 Å². The van der Waals surface area contributed by atoms with Gasteiger partial charge >= 0.3 is 0 Å². The van der Waals surface area contributed by atoms with E-state index >= 15 is 0 Å². The first kappa shape index (κ1) is 18.9. The molecule has 1 saturated heterocycles. The highest BCUT2D eigenvalue weighted by Crippen LogP contribution is 2.35. The number of nitrogens with zero attached hydrogens (tertiary/aromatic N) is 3. The van der Waals surface area contributed by atoms with E-state index in [9.17, 15) is 5.11 Å². The normalized spacial score (nSPS) is 16.8. The number of rotatable bonds is 4. The fraction of sp³-hybridized carbons (Fsp3) is 0.250. The van der Waals surface area contributed by atoms with Gasteiger partial charge in [0.25, 0.3) is 0 Å². The van der Waals surface area contributed by atoms with Gasteiger partial charge in [0.1, 0.15) is 16.6 Å². The van der Waals surface area contributed by atoms with E-state index in [-0.39, 0.29) is 5.76 Å². The summed E-state index contributed by atoms with van der Waals surface area (Å²) < 4.78 is 0. The fourth-order valence-corrected chi connectivity index (χ4v) is 4.98. The molecule has 2 aliphatic heterocycles. The molecule has 0 atom stereocenters. The Labute approximate surface area is 180 Å². The molecule has 0 spiro atoms. The van der Waals surface area contributed by atoms with Gasteiger partial charge in [0.15, 0.2) is 0 Å². The van der Waals surface area contributed by atoms with Gasteiger partial charge in [-0.05, 0) is 44.0 Å². The van der Waals surface area contributed by atoms with Crippen LogP contribution in [0.4, 0.5) is 11.4 Å². The molecule has 5 nitrogen and oxygen atoms in total. The van der Waals surface area contributed by atoms with E-state index in [1.54, 1.807) is 0 Å². The molecule has 1 aromatic heterocycles. The lowest BCUT2D eigenvalue weighted by atomic mass is 10.1. The molecule has 2 N–H and O–H groups in total. The maximum atomic E-state index is 10.6. The summed E-state index contributed by atoms with van der Waals surface area (Å²) in [4.78, 5) is 8.94. The van der Waals surface area contributed by atoms with Crippen LogP contribution in [0.3, 0.4) is 0 Å². The van der Waals surface area contributed by atoms with E-state index in [1.807, 2.05) is 22.4 Å². The molecule has 3 heterocycles. The van der Waals surface area contributed by atoms with Crippen molar-refractivity contribution in [2.24, 2.45) is 0 Å². The Morgan fingerprint density at radius 1 is 0.967 bits per heavy atom. The Kier molecular flexibility index (Phi) is 4.79. The summed E-state index contributed by atoms with van der Waals surface area (Å²) >= 11 is 1.47. The standard InChI is InChI=1S/C24H24N4OS/c1-16-4-6-17(7-5-16)20-15-30-24(26-20)22-21(29)14-28(23(22)25)19-10-8-18(9-11-19)27-12-2-3-13-27/h4-11,15,25,29H,2-3,12-14H2,1H3. The summed E-state index contributed by atoms with van der Waals surface area (Å²) in [6, 6.07) is 16.5. The van der Waals surface area contributed by atoms with E-state index in [1.165, 1.54) is 35.4 Å². The van der Waals surface area contributed by atoms with Crippen LogP contribution in [0.25, 0.3) is 16.8 Å². The maximum Gasteiger partial charge on any atom is 0.139 e. The summed E-state index contributed by atoms with van der Waals surface area (Å²) in [5.41, 5.74) is 5.79. The van der Waals surface area contributed by atoms with E-state index in [2.05, 4.69) is 48.2 Å². The van der Waals surface area contributed by atoms with Crippen molar-refractivity contribution in [3.63, 3.8) is 0 Å². The number of thiazole rings is 1. The highest BCUT2D eigenvalue weighted by Gasteiger charge is 2.31. The molecular weight excluding hydrogens is 392 g/mol. The van der Waals surface area contributed by atoms with Crippen LogP contribution in [0.15, 0.2) is 59.7 Å². The van der Waals surface area contributed by atoms with Gasteiger partial charge in [-0.15, -0.1) is 11.3 Å². The van der Waals surface area contributed by atoms with Crippen molar-refractivity contribution in [3.05, 3.63) is 70.2 Å². The Morgan fingerprint density at radius 3 is 2.33 bits per heavy atom. The lowest BCUT2D eigenvalue weighted by molar-refractivity contribution is 0.411. The van der Waals surface area contributed by atoms with Gasteiger partial charge in [0.05, 0.1) is 17.8 Å². The molecule has 0 unspecified atom stereocenters. The second kappa shape index (κ2) is 7.61. The van der Waals surface area contributed by atoms with Crippen LogP contribution in [0.5, 0.6) is 0 Å². The van der Waals surface area contributed by atoms with Crippen molar-refractivity contribution in [2.75, 3.05) is 29.4 Å². The zero-order valence-corrected chi connectivity index (χ0v) is 17.7. The van der Waals surface area contributed by atoms with Gasteiger partial charge < -0.3 is 14.9 Å². The predicted octanol–water partition coefficient (Wildman–Crippen LogP) is 5.49. The zero-order chi connectivity index (χ0) is 20.7. The van der Waals surface area contributed by atoms with Crippen molar-refractivity contribution in [1.29, 1.82) is 5.41 Å². The molecule has 0 saturated carbocycles. The van der Waals surface area contributed by atoms with E-state index < -0.39 is 0 Å². The molecule has 0 radical (unpaired) electrons. The van der Waals surface area contributed by atoms with Crippen molar-refractivity contribution in [2.45, 2.75) is 19.8 Å². The molecule has 3 aromatic rings. The minimum Gasteiger partial charge on any atom is -0.510 e. The molecule has 6 heteroatoms. The molecule has 30 heavy (non-hydrogen) atoms. The van der Waals surface area contributed by atoms with Crippen molar-refractivity contribution in [1.82, 2.24) is 4.98 Å². The Morgan fingerprint density at radius 2 is 1.63 bits per heavy atom. The molecule has 5 rings (SSSR count). The van der Waals surface area contributed by atoms with Gasteiger partial charge in [-0.3, -0.25) is 5.41 Å². The molecule has 2 aromatic carbocycles. The number of aromatic nitrogens is 1. The molecule has 152 valence electrons. The smallest absolute Gasteiger partial charge is 0.139 e. The van der Waals surface area contributed by atoms with Crippen molar-refractivity contribution in [3.8, 4) is 11.3 Å². The third-order valence-electron chi connectivity index (χ3n) is 5.80. The first-order valence-corrected chi connectivity index (χ1v) is 11.1. The third-order valence-corrected chi connectivity index (χ3v) is 6.66. The van der Waals surface area contributed by atoms with Gasteiger partial charge in [0.2, 0.25) is 0 Å². The largest absolute Gasteiger partial charge is 0.510 e. The second-order valence-electron chi connectivity index (χ2n) is 7.87. The van der Waals surface area contributed by atoms with Crippen LogP contribution in [-0.4, -0.2) is 35.6 Å². The van der Waals surface area contributed by atoms with Crippen LogP contribution >= 0.6 is 11.3 Å². The summed E-state index contributed by atoms with van der Waals surface area (Å²) in [5, 5.41) is 22.0. The molecule has 0 amide bonds. The number of nitrogens with one attached hydrogen (secondary N) is 1. The van der Waals surface area contributed by atoms with E-state index in [0.717, 1.165) is 30.0 Å². The Bertz CT molecular complexity index is 1110. The zero-order valence-electron chi connectivity index (χ0n) is 16.9. The van der Waals surface area contributed by atoms with Crippen LogP contribution in [0.1, 0.15) is 23.4 Å². The Balaban J connectivity index is 1.37. The summed E-state index contributed by atoms with van der Waals surface area (Å²) in [6.45, 7) is 4.58. The fourth-order valence-electron chi connectivity index (χ4n) is 4.09. The quantitative estimate of drug-likeness (QED) is 0.591. The second-order valence-corrected chi connectivity index (χ2v) is 8.73. The topological polar surface area (TPSA) is 63.5 Å². The van der Waals surface area contributed by atoms with Crippen molar-refractivity contribution >= 4 is 34.1 Å². The number of benzene rings is 2. The number of hydrogen-bond donors (Lipinski definition) is 2. The first-order chi connectivity index (χ1) is 14.6. The third kappa shape index (κ3) is 3.37. The lowest BCUT2D eigenvalue weighted by Crippen LogP contribution is -2.26. The maximum absolute atomic E-state index is 10.6. The number of amidine groups is 1. The molecule has 1 fully saturated rings. The number of hydrogen-bond acceptors (Lipinski definition) is 5. The lowest BCUT2D eigenvalue weighted by Gasteiger charge is -2.21. The average Bonchev–Trinajstić information content (AvgIpc) is 3.50. The number of aliphatic hydroxyl groups is 1. The number of aliphatic hydroxyl groups excluding tert-OH is 1. The molecular formula is C24H24N4OS. The number of anilines is 2. The summed E-state index contributed by atoms with van der Waals surface area (Å²) in [7, 11) is 0.